The average molecular weight is 340 g/mol. The summed E-state index contributed by atoms with van der Waals surface area (Å²) in [5, 5.41) is 0.243. The van der Waals surface area contributed by atoms with E-state index in [4.69, 9.17) is 15.2 Å². The van der Waals surface area contributed by atoms with Gasteiger partial charge in [-0.1, -0.05) is 12.1 Å². The molecule has 0 fully saturated rings. The molecule has 0 aliphatic carbocycles. The van der Waals surface area contributed by atoms with Gasteiger partial charge in [-0.25, -0.2) is 9.78 Å². The molecule has 0 spiro atoms. The summed E-state index contributed by atoms with van der Waals surface area (Å²) in [5.41, 5.74) is 6.51. The Morgan fingerprint density at radius 2 is 1.96 bits per heavy atom. The first kappa shape index (κ1) is 16.4. The molecule has 2 heterocycles. The van der Waals surface area contributed by atoms with E-state index in [9.17, 15) is 9.59 Å². The van der Waals surface area contributed by atoms with E-state index in [-0.39, 0.29) is 29.3 Å². The van der Waals surface area contributed by atoms with Gasteiger partial charge in [-0.15, -0.1) is 0 Å². The van der Waals surface area contributed by atoms with E-state index in [2.05, 4.69) is 15.0 Å². The van der Waals surface area contributed by atoms with Crippen LogP contribution in [0.15, 0.2) is 35.1 Å². The second kappa shape index (κ2) is 6.60. The van der Waals surface area contributed by atoms with Crippen LogP contribution in [-0.2, 0) is 4.74 Å². The second-order valence-electron chi connectivity index (χ2n) is 5.15. The summed E-state index contributed by atoms with van der Waals surface area (Å²) >= 11 is 0. The number of benzene rings is 1. The Morgan fingerprint density at radius 3 is 2.60 bits per heavy atom. The number of carbonyl (C=O) groups is 1. The van der Waals surface area contributed by atoms with Crippen molar-refractivity contribution in [3.05, 3.63) is 46.4 Å². The van der Waals surface area contributed by atoms with Crippen LogP contribution in [0.1, 0.15) is 17.4 Å². The van der Waals surface area contributed by atoms with Gasteiger partial charge in [0.05, 0.1) is 19.1 Å². The normalized spacial score (nSPS) is 10.6. The van der Waals surface area contributed by atoms with E-state index in [1.54, 1.807) is 38.3 Å². The maximum atomic E-state index is 12.4. The van der Waals surface area contributed by atoms with Crippen molar-refractivity contribution in [2.24, 2.45) is 0 Å². The highest BCUT2D eigenvalue weighted by atomic mass is 16.5. The van der Waals surface area contributed by atoms with Crippen molar-refractivity contribution in [2.75, 3.05) is 19.5 Å². The van der Waals surface area contributed by atoms with Gasteiger partial charge >= 0.3 is 5.97 Å². The van der Waals surface area contributed by atoms with Gasteiger partial charge in [-0.3, -0.25) is 9.78 Å². The number of ether oxygens (including phenoxy) is 2. The number of nitrogens with one attached hydrogen (secondary N) is 1. The quantitative estimate of drug-likeness (QED) is 0.694. The summed E-state index contributed by atoms with van der Waals surface area (Å²) < 4.78 is 10.1. The minimum absolute atomic E-state index is 0.0534. The van der Waals surface area contributed by atoms with Crippen molar-refractivity contribution in [1.82, 2.24) is 15.0 Å². The van der Waals surface area contributed by atoms with Crippen LogP contribution in [0.4, 0.5) is 5.95 Å². The minimum atomic E-state index is -0.597. The fraction of sp³-hybridized carbons (Fsp3) is 0.176. The summed E-state index contributed by atoms with van der Waals surface area (Å²) in [7, 11) is 1.56. The monoisotopic (exact) mass is 340 g/mol. The first-order valence-electron chi connectivity index (χ1n) is 7.55. The highest BCUT2D eigenvalue weighted by Crippen LogP contribution is 2.28. The van der Waals surface area contributed by atoms with Gasteiger partial charge < -0.3 is 15.2 Å². The van der Waals surface area contributed by atoms with E-state index in [1.165, 1.54) is 6.07 Å². The van der Waals surface area contributed by atoms with Crippen molar-refractivity contribution >= 4 is 23.0 Å². The van der Waals surface area contributed by atoms with Gasteiger partial charge in [0.15, 0.2) is 11.3 Å². The van der Waals surface area contributed by atoms with Crippen molar-refractivity contribution in [1.29, 1.82) is 0 Å². The molecule has 8 nitrogen and oxygen atoms in total. The van der Waals surface area contributed by atoms with Crippen LogP contribution in [0.2, 0.25) is 0 Å². The molecule has 0 unspecified atom stereocenters. The molecule has 2 aromatic heterocycles. The van der Waals surface area contributed by atoms with Gasteiger partial charge in [0.25, 0.3) is 5.56 Å². The summed E-state index contributed by atoms with van der Waals surface area (Å²) in [4.78, 5) is 35.1. The van der Waals surface area contributed by atoms with Crippen LogP contribution in [0.3, 0.4) is 0 Å². The number of pyridine rings is 1. The van der Waals surface area contributed by atoms with E-state index < -0.39 is 11.5 Å². The second-order valence-corrected chi connectivity index (χ2v) is 5.15. The number of hydrogen-bond acceptors (Lipinski definition) is 7. The van der Waals surface area contributed by atoms with Crippen LogP contribution in [-0.4, -0.2) is 34.6 Å². The van der Waals surface area contributed by atoms with E-state index in [1.807, 2.05) is 0 Å². The van der Waals surface area contributed by atoms with Crippen molar-refractivity contribution < 1.29 is 14.3 Å². The summed E-state index contributed by atoms with van der Waals surface area (Å²) in [6.45, 7) is 1.91. The Morgan fingerprint density at radius 1 is 1.24 bits per heavy atom. The highest BCUT2D eigenvalue weighted by molar-refractivity contribution is 5.98. The lowest BCUT2D eigenvalue weighted by Gasteiger charge is -2.09. The molecular weight excluding hydrogens is 324 g/mol. The van der Waals surface area contributed by atoms with Gasteiger partial charge in [-0.2, -0.15) is 4.98 Å². The highest BCUT2D eigenvalue weighted by Gasteiger charge is 2.17. The number of H-pyrrole nitrogens is 1. The van der Waals surface area contributed by atoms with Gasteiger partial charge in [0.2, 0.25) is 5.95 Å². The summed E-state index contributed by atoms with van der Waals surface area (Å²) in [6, 6.07) is 8.57. The molecule has 25 heavy (non-hydrogen) atoms. The van der Waals surface area contributed by atoms with Crippen molar-refractivity contribution in [3.63, 3.8) is 0 Å². The number of fused-ring (bicyclic) bond motifs is 1. The van der Waals surface area contributed by atoms with Crippen LogP contribution in [0.5, 0.6) is 5.75 Å². The van der Waals surface area contributed by atoms with Gasteiger partial charge in [0.1, 0.15) is 5.75 Å². The molecule has 0 saturated carbocycles. The Balaban J connectivity index is 2.29. The third-order valence-electron chi connectivity index (χ3n) is 3.58. The summed E-state index contributed by atoms with van der Waals surface area (Å²) in [6.07, 6.45) is 0. The Bertz CT molecular complexity index is 996. The number of carbonyl (C=O) groups excluding carboxylic acids is 1. The molecule has 0 radical (unpaired) electrons. The van der Waals surface area contributed by atoms with Crippen LogP contribution >= 0.6 is 0 Å². The number of hydrogen-bond donors (Lipinski definition) is 2. The summed E-state index contributed by atoms with van der Waals surface area (Å²) in [5.74, 6) is -0.00416. The Kier molecular flexibility index (Phi) is 4.34. The van der Waals surface area contributed by atoms with Crippen LogP contribution < -0.4 is 16.0 Å². The molecule has 0 aliphatic rings. The third kappa shape index (κ3) is 3.14. The smallest absolute Gasteiger partial charge is 0.357 e. The molecule has 1 aromatic carbocycles. The minimum Gasteiger partial charge on any atom is -0.497 e. The molecule has 0 saturated heterocycles. The SMILES string of the molecule is CCOC(=O)c1cc(-c2ccc(OC)cc2)c2c(=O)[nH]c(N)nc2n1. The van der Waals surface area contributed by atoms with Crippen molar-refractivity contribution in [3.8, 4) is 16.9 Å². The standard InChI is InChI=1S/C17H16N4O4/c1-3-25-16(23)12-8-11(9-4-6-10(24-2)7-5-9)13-14(19-12)20-17(18)21-15(13)22/h4-8H,3H2,1-2H3,(H3,18,19,20,21,22). The average Bonchev–Trinajstić information content (AvgIpc) is 2.60. The lowest BCUT2D eigenvalue weighted by Crippen LogP contribution is -2.15. The van der Waals surface area contributed by atoms with Crippen LogP contribution in [0, 0.1) is 0 Å². The first-order chi connectivity index (χ1) is 12.0. The molecule has 8 heteroatoms. The Hall–Kier alpha value is -3.42. The zero-order valence-corrected chi connectivity index (χ0v) is 13.7. The van der Waals surface area contributed by atoms with Crippen molar-refractivity contribution in [2.45, 2.75) is 6.92 Å². The van der Waals surface area contributed by atoms with Gasteiger partial charge in [-0.05, 0) is 30.7 Å². The molecule has 0 atom stereocenters. The molecule has 0 amide bonds. The lowest BCUT2D eigenvalue weighted by molar-refractivity contribution is 0.0520. The molecule has 128 valence electrons. The number of nitrogen functional groups attached to an aromatic ring is 1. The number of nitrogens with zero attached hydrogens (tertiary/aromatic N) is 2. The fourth-order valence-electron chi connectivity index (χ4n) is 2.47. The van der Waals surface area contributed by atoms with Crippen LogP contribution in [0.25, 0.3) is 22.2 Å². The number of esters is 1. The van der Waals surface area contributed by atoms with E-state index >= 15 is 0 Å². The third-order valence-corrected chi connectivity index (χ3v) is 3.58. The Labute approximate surface area is 142 Å². The molecule has 0 bridgehead atoms. The molecule has 3 N–H and O–H groups in total. The fourth-order valence-corrected chi connectivity index (χ4v) is 2.47. The number of aromatic amines is 1. The molecule has 0 aliphatic heterocycles. The molecule has 3 aromatic rings. The van der Waals surface area contributed by atoms with E-state index in [0.717, 1.165) is 0 Å². The number of rotatable bonds is 4. The number of anilines is 1. The first-order valence-corrected chi connectivity index (χ1v) is 7.55. The largest absolute Gasteiger partial charge is 0.497 e. The predicted octanol–water partition coefficient (Wildman–Crippen LogP) is 1.75. The zero-order valence-electron chi connectivity index (χ0n) is 13.7. The molecular formula is C17H16N4O4. The maximum Gasteiger partial charge on any atom is 0.357 e. The van der Waals surface area contributed by atoms with E-state index in [0.29, 0.717) is 16.9 Å². The zero-order chi connectivity index (χ0) is 18.0. The lowest BCUT2D eigenvalue weighted by atomic mass is 10.0. The molecule has 3 rings (SSSR count). The predicted molar refractivity (Wildman–Crippen MR) is 92.5 cm³/mol. The number of methoxy groups -OCH3 is 1. The maximum absolute atomic E-state index is 12.4. The van der Waals surface area contributed by atoms with Gasteiger partial charge in [0, 0.05) is 5.56 Å². The number of aromatic nitrogens is 3. The topological polar surface area (TPSA) is 120 Å². The number of nitrogens with two attached hydrogens (primary N) is 1.